The lowest BCUT2D eigenvalue weighted by molar-refractivity contribution is -0.384. The number of aromatic nitrogens is 1. The van der Waals surface area contributed by atoms with Crippen LogP contribution in [0.1, 0.15) is 6.92 Å². The summed E-state index contributed by atoms with van der Waals surface area (Å²) in [7, 11) is 0. The molecule has 0 unspecified atom stereocenters. The molecule has 0 spiro atoms. The number of carbonyl (C=O) groups is 1. The summed E-state index contributed by atoms with van der Waals surface area (Å²) >= 11 is 3.15. The van der Waals surface area contributed by atoms with Crippen molar-refractivity contribution >= 4 is 33.3 Å². The standard InChI is InChI=1S/C9H10BrN3O4/c1-2-12(5-8(14)15)9-6(10)3-11-4-7(9)13(16)17/h3-4H,2,5H2,1H3,(H,14,15). The van der Waals surface area contributed by atoms with Crippen molar-refractivity contribution in [1.82, 2.24) is 4.98 Å². The summed E-state index contributed by atoms with van der Waals surface area (Å²) < 4.78 is 0.398. The number of carboxylic acids is 1. The third-order valence-electron chi connectivity index (χ3n) is 2.07. The first-order chi connectivity index (χ1) is 7.97. The predicted octanol–water partition coefficient (Wildman–Crippen LogP) is 1.66. The lowest BCUT2D eigenvalue weighted by Gasteiger charge is -2.21. The molecular formula is C9H10BrN3O4. The third kappa shape index (κ3) is 3.13. The van der Waals surface area contributed by atoms with Crippen LogP contribution in [0.3, 0.4) is 0 Å². The summed E-state index contributed by atoms with van der Waals surface area (Å²) in [6.07, 6.45) is 2.50. The fourth-order valence-electron chi connectivity index (χ4n) is 1.38. The van der Waals surface area contributed by atoms with E-state index >= 15 is 0 Å². The summed E-state index contributed by atoms with van der Waals surface area (Å²) in [5, 5.41) is 19.6. The highest BCUT2D eigenvalue weighted by molar-refractivity contribution is 9.10. The lowest BCUT2D eigenvalue weighted by Crippen LogP contribution is -2.30. The minimum atomic E-state index is -1.05. The number of hydrogen-bond acceptors (Lipinski definition) is 5. The van der Waals surface area contributed by atoms with E-state index < -0.39 is 10.9 Å². The number of hydrogen-bond donors (Lipinski definition) is 1. The smallest absolute Gasteiger partial charge is 0.323 e. The van der Waals surface area contributed by atoms with Gasteiger partial charge in [-0.15, -0.1) is 0 Å². The molecule has 0 atom stereocenters. The number of likely N-dealkylation sites (N-methyl/N-ethyl adjacent to an activating group) is 1. The van der Waals surface area contributed by atoms with Crippen molar-refractivity contribution in [3.05, 3.63) is 27.0 Å². The second-order valence-corrected chi connectivity index (χ2v) is 4.01. The minimum absolute atomic E-state index is 0.220. The zero-order valence-corrected chi connectivity index (χ0v) is 10.5. The van der Waals surface area contributed by atoms with Gasteiger partial charge >= 0.3 is 11.7 Å². The zero-order valence-electron chi connectivity index (χ0n) is 8.96. The van der Waals surface area contributed by atoms with Gasteiger partial charge in [-0.1, -0.05) is 0 Å². The molecule has 0 fully saturated rings. The Bertz CT molecular complexity index is 452. The van der Waals surface area contributed by atoms with Gasteiger partial charge < -0.3 is 10.0 Å². The first kappa shape index (κ1) is 13.4. The van der Waals surface area contributed by atoms with Gasteiger partial charge in [0.25, 0.3) is 0 Å². The van der Waals surface area contributed by atoms with Gasteiger partial charge in [0.1, 0.15) is 18.4 Å². The number of anilines is 1. The van der Waals surface area contributed by atoms with Gasteiger partial charge in [0.15, 0.2) is 0 Å². The summed E-state index contributed by atoms with van der Waals surface area (Å²) in [4.78, 5) is 26.1. The molecule has 1 N–H and O–H groups in total. The van der Waals surface area contributed by atoms with E-state index in [0.29, 0.717) is 11.0 Å². The van der Waals surface area contributed by atoms with Crippen molar-refractivity contribution < 1.29 is 14.8 Å². The van der Waals surface area contributed by atoms with E-state index in [0.717, 1.165) is 6.20 Å². The quantitative estimate of drug-likeness (QED) is 0.656. The Hall–Kier alpha value is -1.70. The van der Waals surface area contributed by atoms with Gasteiger partial charge in [0.05, 0.1) is 9.40 Å². The molecule has 17 heavy (non-hydrogen) atoms. The zero-order chi connectivity index (χ0) is 13.0. The molecule has 1 aromatic heterocycles. The maximum Gasteiger partial charge on any atom is 0.323 e. The van der Waals surface area contributed by atoms with E-state index in [2.05, 4.69) is 20.9 Å². The van der Waals surface area contributed by atoms with Crippen LogP contribution >= 0.6 is 15.9 Å². The molecule has 0 saturated carbocycles. The Morgan fingerprint density at radius 2 is 2.29 bits per heavy atom. The predicted molar refractivity (Wildman–Crippen MR) is 64.1 cm³/mol. The monoisotopic (exact) mass is 303 g/mol. The van der Waals surface area contributed by atoms with Gasteiger partial charge in [0, 0.05) is 12.7 Å². The number of carboxylic acid groups (broad SMARTS) is 1. The van der Waals surface area contributed by atoms with Crippen molar-refractivity contribution in [3.8, 4) is 0 Å². The number of pyridine rings is 1. The molecule has 7 nitrogen and oxygen atoms in total. The first-order valence-corrected chi connectivity index (χ1v) is 5.51. The topological polar surface area (TPSA) is 96.6 Å². The highest BCUT2D eigenvalue weighted by Gasteiger charge is 2.23. The number of halogens is 1. The Labute approximate surface area is 105 Å². The molecule has 0 aliphatic carbocycles. The largest absolute Gasteiger partial charge is 0.480 e. The van der Waals surface area contributed by atoms with Crippen LogP contribution in [0, 0.1) is 10.1 Å². The maximum atomic E-state index is 10.9. The average molecular weight is 304 g/mol. The normalized spacial score (nSPS) is 10.0. The Morgan fingerprint density at radius 1 is 1.65 bits per heavy atom. The van der Waals surface area contributed by atoms with Crippen LogP contribution in [-0.4, -0.2) is 34.1 Å². The van der Waals surface area contributed by atoms with E-state index in [1.165, 1.54) is 11.1 Å². The van der Waals surface area contributed by atoms with E-state index in [9.17, 15) is 14.9 Å². The van der Waals surface area contributed by atoms with Crippen LogP contribution in [0.2, 0.25) is 0 Å². The average Bonchev–Trinajstić information content (AvgIpc) is 2.25. The van der Waals surface area contributed by atoms with Crippen LogP contribution in [0.5, 0.6) is 0 Å². The molecule has 1 heterocycles. The lowest BCUT2D eigenvalue weighted by atomic mass is 10.3. The van der Waals surface area contributed by atoms with Crippen molar-refractivity contribution in [1.29, 1.82) is 0 Å². The second kappa shape index (κ2) is 5.58. The highest BCUT2D eigenvalue weighted by Crippen LogP contribution is 2.34. The fourth-order valence-corrected chi connectivity index (χ4v) is 1.95. The Kier molecular flexibility index (Phi) is 4.38. The summed E-state index contributed by atoms with van der Waals surface area (Å²) in [5.41, 5.74) is 0.0115. The number of aliphatic carboxylic acids is 1. The van der Waals surface area contributed by atoms with Crippen LogP contribution in [0.15, 0.2) is 16.9 Å². The number of nitrogens with zero attached hydrogens (tertiary/aromatic N) is 3. The molecule has 8 heteroatoms. The molecular weight excluding hydrogens is 294 g/mol. The van der Waals surface area contributed by atoms with Gasteiger partial charge in [-0.2, -0.15) is 0 Å². The van der Waals surface area contributed by atoms with Crippen LogP contribution < -0.4 is 4.90 Å². The maximum absolute atomic E-state index is 10.9. The Morgan fingerprint density at radius 3 is 2.76 bits per heavy atom. The van der Waals surface area contributed by atoms with Crippen molar-refractivity contribution in [2.75, 3.05) is 18.0 Å². The van der Waals surface area contributed by atoms with Crippen LogP contribution in [0.4, 0.5) is 11.4 Å². The molecule has 0 aliphatic rings. The van der Waals surface area contributed by atoms with Crippen molar-refractivity contribution in [3.63, 3.8) is 0 Å². The van der Waals surface area contributed by atoms with Crippen molar-refractivity contribution in [2.45, 2.75) is 6.92 Å². The third-order valence-corrected chi connectivity index (χ3v) is 2.65. The van der Waals surface area contributed by atoms with Gasteiger partial charge in [0.2, 0.25) is 0 Å². The molecule has 0 aliphatic heterocycles. The SMILES string of the molecule is CCN(CC(=O)O)c1c(Br)cncc1[N+](=O)[O-]. The minimum Gasteiger partial charge on any atom is -0.480 e. The summed E-state index contributed by atoms with van der Waals surface area (Å²) in [5.74, 6) is -1.05. The molecule has 0 amide bonds. The molecule has 92 valence electrons. The summed E-state index contributed by atoms with van der Waals surface area (Å²) in [6, 6.07) is 0. The molecule has 1 rings (SSSR count). The molecule has 0 radical (unpaired) electrons. The van der Waals surface area contributed by atoms with Crippen LogP contribution in [-0.2, 0) is 4.79 Å². The first-order valence-electron chi connectivity index (χ1n) is 4.72. The van der Waals surface area contributed by atoms with E-state index in [-0.39, 0.29) is 17.9 Å². The Balaban J connectivity index is 3.25. The van der Waals surface area contributed by atoms with Gasteiger partial charge in [-0.3, -0.25) is 19.9 Å². The second-order valence-electron chi connectivity index (χ2n) is 3.15. The van der Waals surface area contributed by atoms with Gasteiger partial charge in [-0.05, 0) is 22.9 Å². The van der Waals surface area contributed by atoms with E-state index in [4.69, 9.17) is 5.11 Å². The molecule has 1 aromatic rings. The fraction of sp³-hybridized carbons (Fsp3) is 0.333. The summed E-state index contributed by atoms with van der Waals surface area (Å²) in [6.45, 7) is 1.76. The molecule has 0 saturated heterocycles. The van der Waals surface area contributed by atoms with E-state index in [1.54, 1.807) is 6.92 Å². The molecule has 0 aromatic carbocycles. The molecule has 0 bridgehead atoms. The number of rotatable bonds is 5. The van der Waals surface area contributed by atoms with E-state index in [1.807, 2.05) is 0 Å². The van der Waals surface area contributed by atoms with Crippen molar-refractivity contribution in [2.24, 2.45) is 0 Å². The number of nitro groups is 1. The van der Waals surface area contributed by atoms with Crippen LogP contribution in [0.25, 0.3) is 0 Å². The van der Waals surface area contributed by atoms with Gasteiger partial charge in [-0.25, -0.2) is 0 Å². The highest BCUT2D eigenvalue weighted by atomic mass is 79.9.